The van der Waals surface area contributed by atoms with Crippen molar-refractivity contribution in [2.75, 3.05) is 6.61 Å². The maximum atomic E-state index is 11.1. The van der Waals surface area contributed by atoms with E-state index in [1.165, 1.54) is 0 Å². The number of aliphatic hydroxyl groups excluding tert-OH is 1. The lowest BCUT2D eigenvalue weighted by atomic mass is 9.84. The van der Waals surface area contributed by atoms with Crippen molar-refractivity contribution in [3.63, 3.8) is 0 Å². The number of aliphatic hydroxyl groups is 1. The first-order chi connectivity index (χ1) is 4.54. The first-order valence-corrected chi connectivity index (χ1v) is 3.68. The zero-order valence-corrected chi connectivity index (χ0v) is 6.98. The van der Waals surface area contributed by atoms with Gasteiger partial charge in [0, 0.05) is 18.4 Å². The number of carbonyl (C=O) groups excluding carboxylic acids is 1. The smallest absolute Gasteiger partial charge is 0.140 e. The van der Waals surface area contributed by atoms with E-state index in [0.29, 0.717) is 6.42 Å². The summed E-state index contributed by atoms with van der Waals surface area (Å²) < 4.78 is 0. The zero-order chi connectivity index (χ0) is 8.20. The molecule has 0 saturated carbocycles. The van der Waals surface area contributed by atoms with Crippen molar-refractivity contribution in [2.45, 2.75) is 33.6 Å². The quantitative estimate of drug-likeness (QED) is 0.647. The van der Waals surface area contributed by atoms with Crippen LogP contribution in [0, 0.1) is 5.41 Å². The molecule has 0 rings (SSSR count). The van der Waals surface area contributed by atoms with Gasteiger partial charge >= 0.3 is 0 Å². The van der Waals surface area contributed by atoms with E-state index in [-0.39, 0.29) is 17.8 Å². The molecular formula is C8H16O2. The average molecular weight is 144 g/mol. The van der Waals surface area contributed by atoms with Crippen LogP contribution in [-0.2, 0) is 4.79 Å². The summed E-state index contributed by atoms with van der Waals surface area (Å²) in [4.78, 5) is 11.1. The van der Waals surface area contributed by atoms with Gasteiger partial charge in [0.1, 0.15) is 5.78 Å². The SMILES string of the molecule is CCC(C)(C)C(=O)CCO. The molecular weight excluding hydrogens is 128 g/mol. The van der Waals surface area contributed by atoms with Gasteiger partial charge in [0.05, 0.1) is 0 Å². The molecule has 0 bridgehead atoms. The summed E-state index contributed by atoms with van der Waals surface area (Å²) in [6, 6.07) is 0. The zero-order valence-electron chi connectivity index (χ0n) is 6.98. The molecule has 0 aromatic carbocycles. The third-order valence-corrected chi connectivity index (χ3v) is 1.98. The standard InChI is InChI=1S/C8H16O2/c1-4-8(2,3)7(10)5-6-9/h9H,4-6H2,1-3H3. The summed E-state index contributed by atoms with van der Waals surface area (Å²) in [6.45, 7) is 5.77. The number of hydrogen-bond donors (Lipinski definition) is 1. The molecule has 1 N–H and O–H groups in total. The Balaban J connectivity index is 3.91. The van der Waals surface area contributed by atoms with E-state index >= 15 is 0 Å². The number of ketones is 1. The van der Waals surface area contributed by atoms with E-state index in [0.717, 1.165) is 6.42 Å². The van der Waals surface area contributed by atoms with Crippen LogP contribution in [0.1, 0.15) is 33.6 Å². The lowest BCUT2D eigenvalue weighted by Crippen LogP contribution is -2.23. The predicted molar refractivity (Wildman–Crippen MR) is 40.8 cm³/mol. The second-order valence-corrected chi connectivity index (χ2v) is 3.13. The van der Waals surface area contributed by atoms with Crippen molar-refractivity contribution in [2.24, 2.45) is 5.41 Å². The Kier molecular flexibility index (Phi) is 3.58. The van der Waals surface area contributed by atoms with Gasteiger partial charge in [0.25, 0.3) is 0 Å². The number of Topliss-reactive ketones (excluding diaryl/α,β-unsaturated/α-hetero) is 1. The number of carbonyl (C=O) groups is 1. The maximum absolute atomic E-state index is 11.1. The van der Waals surface area contributed by atoms with E-state index in [1.54, 1.807) is 0 Å². The highest BCUT2D eigenvalue weighted by molar-refractivity contribution is 5.83. The van der Waals surface area contributed by atoms with Gasteiger partial charge < -0.3 is 5.11 Å². The Labute approximate surface area is 62.2 Å². The van der Waals surface area contributed by atoms with Crippen LogP contribution in [0.3, 0.4) is 0 Å². The largest absolute Gasteiger partial charge is 0.396 e. The van der Waals surface area contributed by atoms with Crippen LogP contribution in [0.5, 0.6) is 0 Å². The van der Waals surface area contributed by atoms with Crippen LogP contribution in [0.25, 0.3) is 0 Å². The van der Waals surface area contributed by atoms with Gasteiger partial charge in [0.15, 0.2) is 0 Å². The van der Waals surface area contributed by atoms with Crippen molar-refractivity contribution >= 4 is 5.78 Å². The van der Waals surface area contributed by atoms with Crippen LogP contribution in [0.15, 0.2) is 0 Å². The summed E-state index contributed by atoms with van der Waals surface area (Å²) in [5, 5.41) is 8.47. The van der Waals surface area contributed by atoms with Gasteiger partial charge in [-0.15, -0.1) is 0 Å². The van der Waals surface area contributed by atoms with Gasteiger partial charge in [-0.3, -0.25) is 4.79 Å². The van der Waals surface area contributed by atoms with Gasteiger partial charge in [-0.2, -0.15) is 0 Å². The van der Waals surface area contributed by atoms with E-state index in [2.05, 4.69) is 0 Å². The first-order valence-electron chi connectivity index (χ1n) is 3.68. The molecule has 0 aromatic rings. The summed E-state index contributed by atoms with van der Waals surface area (Å²) in [7, 11) is 0. The molecule has 0 aliphatic carbocycles. The topological polar surface area (TPSA) is 37.3 Å². The van der Waals surface area contributed by atoms with E-state index in [1.807, 2.05) is 20.8 Å². The molecule has 0 fully saturated rings. The summed E-state index contributed by atoms with van der Waals surface area (Å²) in [5.74, 6) is 0.150. The Bertz CT molecular complexity index is 116. The second-order valence-electron chi connectivity index (χ2n) is 3.13. The summed E-state index contributed by atoms with van der Waals surface area (Å²) >= 11 is 0. The number of hydrogen-bond acceptors (Lipinski definition) is 2. The van der Waals surface area contributed by atoms with Gasteiger partial charge in [-0.1, -0.05) is 20.8 Å². The Morgan fingerprint density at radius 2 is 2.00 bits per heavy atom. The highest BCUT2D eigenvalue weighted by Gasteiger charge is 2.23. The summed E-state index contributed by atoms with van der Waals surface area (Å²) in [5.41, 5.74) is -0.247. The molecule has 60 valence electrons. The summed E-state index contributed by atoms with van der Waals surface area (Å²) in [6.07, 6.45) is 1.13. The van der Waals surface area contributed by atoms with Crippen LogP contribution >= 0.6 is 0 Å². The average Bonchev–Trinajstić information content (AvgIpc) is 1.89. The monoisotopic (exact) mass is 144 g/mol. The van der Waals surface area contributed by atoms with Gasteiger partial charge in [-0.05, 0) is 6.42 Å². The third kappa shape index (κ3) is 2.48. The highest BCUT2D eigenvalue weighted by atomic mass is 16.3. The van der Waals surface area contributed by atoms with Crippen molar-refractivity contribution < 1.29 is 9.90 Å². The molecule has 0 spiro atoms. The molecule has 0 aliphatic heterocycles. The lowest BCUT2D eigenvalue weighted by molar-refractivity contribution is -0.127. The Morgan fingerprint density at radius 3 is 2.30 bits per heavy atom. The molecule has 0 aliphatic rings. The van der Waals surface area contributed by atoms with Gasteiger partial charge in [-0.25, -0.2) is 0 Å². The molecule has 0 aromatic heterocycles. The normalized spacial score (nSPS) is 11.6. The molecule has 0 saturated heterocycles. The minimum absolute atomic E-state index is 0.0255. The van der Waals surface area contributed by atoms with Crippen molar-refractivity contribution in [1.29, 1.82) is 0 Å². The minimum Gasteiger partial charge on any atom is -0.396 e. The molecule has 2 nitrogen and oxygen atoms in total. The molecule has 2 heteroatoms. The van der Waals surface area contributed by atoms with E-state index in [9.17, 15) is 4.79 Å². The Hall–Kier alpha value is -0.370. The second kappa shape index (κ2) is 3.71. The molecule has 0 amide bonds. The Morgan fingerprint density at radius 1 is 1.50 bits per heavy atom. The molecule has 0 radical (unpaired) electrons. The fourth-order valence-corrected chi connectivity index (χ4v) is 0.637. The highest BCUT2D eigenvalue weighted by Crippen LogP contribution is 2.21. The number of rotatable bonds is 4. The lowest BCUT2D eigenvalue weighted by Gasteiger charge is -2.19. The molecule has 0 heterocycles. The van der Waals surface area contributed by atoms with Crippen molar-refractivity contribution in [3.05, 3.63) is 0 Å². The van der Waals surface area contributed by atoms with Crippen LogP contribution in [0.4, 0.5) is 0 Å². The maximum Gasteiger partial charge on any atom is 0.140 e. The minimum atomic E-state index is -0.247. The fraction of sp³-hybridized carbons (Fsp3) is 0.875. The van der Waals surface area contributed by atoms with E-state index < -0.39 is 0 Å². The van der Waals surface area contributed by atoms with Crippen molar-refractivity contribution in [1.82, 2.24) is 0 Å². The van der Waals surface area contributed by atoms with Crippen molar-refractivity contribution in [3.8, 4) is 0 Å². The first kappa shape index (κ1) is 9.63. The van der Waals surface area contributed by atoms with Gasteiger partial charge in [0.2, 0.25) is 0 Å². The fourth-order valence-electron chi connectivity index (χ4n) is 0.637. The molecule has 10 heavy (non-hydrogen) atoms. The third-order valence-electron chi connectivity index (χ3n) is 1.98. The van der Waals surface area contributed by atoms with Crippen LogP contribution in [0.2, 0.25) is 0 Å². The van der Waals surface area contributed by atoms with Crippen LogP contribution in [-0.4, -0.2) is 17.5 Å². The molecule has 0 unspecified atom stereocenters. The predicted octanol–water partition coefficient (Wildman–Crippen LogP) is 1.37. The van der Waals surface area contributed by atoms with E-state index in [4.69, 9.17) is 5.11 Å². The van der Waals surface area contributed by atoms with Crippen LogP contribution < -0.4 is 0 Å². The molecule has 0 atom stereocenters.